The van der Waals surface area contributed by atoms with Gasteiger partial charge in [-0.2, -0.15) is 0 Å². The van der Waals surface area contributed by atoms with Gasteiger partial charge in [0.15, 0.2) is 0 Å². The quantitative estimate of drug-likeness (QED) is 0.889. The topological polar surface area (TPSA) is 37.3 Å². The van der Waals surface area contributed by atoms with Gasteiger partial charge in [-0.05, 0) is 29.8 Å². The molecule has 0 aliphatic heterocycles. The Labute approximate surface area is 101 Å². The second-order valence-electron chi connectivity index (χ2n) is 3.64. The van der Waals surface area contributed by atoms with E-state index in [1.54, 1.807) is 24.3 Å². The lowest BCUT2D eigenvalue weighted by atomic mass is 10.1. The molecular formula is C13H11FO2S. The van der Waals surface area contributed by atoms with Crippen LogP contribution in [-0.4, -0.2) is 15.6 Å². The standard InChI is InChI=1S/C13H11FO2S/c1-17(16)11-6-7-12(13(14)8-11)9-2-4-10(15)5-3-9/h2-8,15H,1H3. The Hall–Kier alpha value is -1.68. The minimum Gasteiger partial charge on any atom is -0.508 e. The van der Waals surface area contributed by atoms with Crippen LogP contribution >= 0.6 is 0 Å². The molecule has 2 nitrogen and oxygen atoms in total. The molecule has 0 aliphatic carbocycles. The van der Waals surface area contributed by atoms with Crippen LogP contribution in [-0.2, 0) is 10.8 Å². The summed E-state index contributed by atoms with van der Waals surface area (Å²) in [7, 11) is -1.19. The minimum atomic E-state index is -1.19. The van der Waals surface area contributed by atoms with Gasteiger partial charge in [0.25, 0.3) is 0 Å². The van der Waals surface area contributed by atoms with Crippen LogP contribution in [0.2, 0.25) is 0 Å². The minimum absolute atomic E-state index is 0.139. The van der Waals surface area contributed by atoms with E-state index in [1.807, 2.05) is 0 Å². The molecule has 88 valence electrons. The first-order valence-corrected chi connectivity index (χ1v) is 6.56. The Kier molecular flexibility index (Phi) is 3.24. The van der Waals surface area contributed by atoms with E-state index in [2.05, 4.69) is 0 Å². The van der Waals surface area contributed by atoms with Crippen LogP contribution in [0.5, 0.6) is 5.75 Å². The molecule has 0 aliphatic rings. The van der Waals surface area contributed by atoms with Crippen molar-refractivity contribution < 1.29 is 13.7 Å². The van der Waals surface area contributed by atoms with Crippen LogP contribution in [0, 0.1) is 5.82 Å². The highest BCUT2D eigenvalue weighted by atomic mass is 32.2. The third-order valence-electron chi connectivity index (χ3n) is 2.45. The maximum atomic E-state index is 13.8. The Morgan fingerprint density at radius 1 is 1.12 bits per heavy atom. The maximum Gasteiger partial charge on any atom is 0.132 e. The predicted molar refractivity (Wildman–Crippen MR) is 65.8 cm³/mol. The van der Waals surface area contributed by atoms with Crippen molar-refractivity contribution in [1.82, 2.24) is 0 Å². The molecule has 1 atom stereocenters. The first-order valence-electron chi connectivity index (χ1n) is 5.00. The first kappa shape index (κ1) is 11.8. The zero-order valence-electron chi connectivity index (χ0n) is 9.18. The second-order valence-corrected chi connectivity index (χ2v) is 5.02. The fourth-order valence-electron chi connectivity index (χ4n) is 1.55. The average Bonchev–Trinajstić information content (AvgIpc) is 2.30. The van der Waals surface area contributed by atoms with Crippen molar-refractivity contribution >= 4 is 10.8 Å². The molecule has 17 heavy (non-hydrogen) atoms. The monoisotopic (exact) mass is 250 g/mol. The third kappa shape index (κ3) is 2.53. The van der Waals surface area contributed by atoms with Crippen molar-refractivity contribution in [3.63, 3.8) is 0 Å². The van der Waals surface area contributed by atoms with Crippen molar-refractivity contribution in [2.24, 2.45) is 0 Å². The fourth-order valence-corrected chi connectivity index (χ4v) is 2.08. The zero-order chi connectivity index (χ0) is 12.4. The summed E-state index contributed by atoms with van der Waals surface area (Å²) in [5, 5.41) is 9.16. The van der Waals surface area contributed by atoms with Gasteiger partial charge >= 0.3 is 0 Å². The van der Waals surface area contributed by atoms with Crippen LogP contribution in [0.3, 0.4) is 0 Å². The lowest BCUT2D eigenvalue weighted by Crippen LogP contribution is -1.91. The van der Waals surface area contributed by atoms with Gasteiger partial charge in [-0.15, -0.1) is 0 Å². The normalized spacial score (nSPS) is 12.4. The lowest BCUT2D eigenvalue weighted by molar-refractivity contribution is 0.475. The van der Waals surface area contributed by atoms with E-state index in [4.69, 9.17) is 5.11 Å². The average molecular weight is 250 g/mol. The molecule has 1 unspecified atom stereocenters. The molecule has 2 aromatic rings. The van der Waals surface area contributed by atoms with E-state index < -0.39 is 16.6 Å². The highest BCUT2D eigenvalue weighted by molar-refractivity contribution is 7.84. The fraction of sp³-hybridized carbons (Fsp3) is 0.0769. The molecule has 0 saturated carbocycles. The highest BCUT2D eigenvalue weighted by Gasteiger charge is 2.07. The smallest absolute Gasteiger partial charge is 0.132 e. The molecule has 0 bridgehead atoms. The number of hydrogen-bond donors (Lipinski definition) is 1. The molecule has 0 saturated heterocycles. The molecule has 0 aromatic heterocycles. The van der Waals surface area contributed by atoms with Gasteiger partial charge in [-0.1, -0.05) is 18.2 Å². The SMILES string of the molecule is CS(=O)c1ccc(-c2ccc(O)cc2)c(F)c1. The van der Waals surface area contributed by atoms with Gasteiger partial charge in [0.1, 0.15) is 11.6 Å². The molecule has 0 heterocycles. The van der Waals surface area contributed by atoms with Crippen LogP contribution in [0.1, 0.15) is 0 Å². The summed E-state index contributed by atoms with van der Waals surface area (Å²) in [6.45, 7) is 0. The summed E-state index contributed by atoms with van der Waals surface area (Å²) < 4.78 is 25.0. The van der Waals surface area contributed by atoms with Crippen LogP contribution in [0.4, 0.5) is 4.39 Å². The second kappa shape index (κ2) is 4.67. The summed E-state index contributed by atoms with van der Waals surface area (Å²) in [6, 6.07) is 10.8. The number of benzene rings is 2. The van der Waals surface area contributed by atoms with Gasteiger partial charge in [0.05, 0.1) is 0 Å². The summed E-state index contributed by atoms with van der Waals surface area (Å²) in [5.74, 6) is -0.274. The summed E-state index contributed by atoms with van der Waals surface area (Å²) >= 11 is 0. The number of aromatic hydroxyl groups is 1. The number of hydrogen-bond acceptors (Lipinski definition) is 2. The molecule has 4 heteroatoms. The number of halogens is 1. The molecule has 0 spiro atoms. The third-order valence-corrected chi connectivity index (χ3v) is 3.37. The number of rotatable bonds is 2. The first-order chi connectivity index (χ1) is 8.08. The summed E-state index contributed by atoms with van der Waals surface area (Å²) in [6.07, 6.45) is 1.51. The molecule has 0 radical (unpaired) electrons. The van der Waals surface area contributed by atoms with E-state index in [1.165, 1.54) is 24.5 Å². The van der Waals surface area contributed by atoms with Crippen LogP contribution in [0.15, 0.2) is 47.4 Å². The van der Waals surface area contributed by atoms with Crippen molar-refractivity contribution in [2.45, 2.75) is 4.90 Å². The molecular weight excluding hydrogens is 239 g/mol. The van der Waals surface area contributed by atoms with E-state index in [9.17, 15) is 8.60 Å². The summed E-state index contributed by atoms with van der Waals surface area (Å²) in [4.78, 5) is 0.463. The predicted octanol–water partition coefficient (Wildman–Crippen LogP) is 2.94. The van der Waals surface area contributed by atoms with Crippen LogP contribution in [0.25, 0.3) is 11.1 Å². The van der Waals surface area contributed by atoms with Crippen molar-refractivity contribution in [1.29, 1.82) is 0 Å². The van der Waals surface area contributed by atoms with Gasteiger partial charge in [0.2, 0.25) is 0 Å². The number of phenolic OH excluding ortho intramolecular Hbond substituents is 1. The van der Waals surface area contributed by atoms with E-state index >= 15 is 0 Å². The highest BCUT2D eigenvalue weighted by Crippen LogP contribution is 2.25. The van der Waals surface area contributed by atoms with E-state index in [0.29, 0.717) is 16.0 Å². The molecule has 1 N–H and O–H groups in total. The summed E-state index contributed by atoms with van der Waals surface area (Å²) in [5.41, 5.74) is 1.10. The Bertz CT molecular complexity index is 564. The maximum absolute atomic E-state index is 13.8. The molecule has 2 rings (SSSR count). The zero-order valence-corrected chi connectivity index (χ0v) is 10.00. The van der Waals surface area contributed by atoms with Crippen molar-refractivity contribution in [3.05, 3.63) is 48.3 Å². The van der Waals surface area contributed by atoms with Crippen molar-refractivity contribution in [2.75, 3.05) is 6.26 Å². The Morgan fingerprint density at radius 2 is 1.76 bits per heavy atom. The Balaban J connectivity index is 2.46. The number of phenols is 1. The van der Waals surface area contributed by atoms with E-state index in [-0.39, 0.29) is 5.75 Å². The van der Waals surface area contributed by atoms with Gasteiger partial charge in [-0.25, -0.2) is 4.39 Å². The van der Waals surface area contributed by atoms with Gasteiger partial charge in [-0.3, -0.25) is 4.21 Å². The van der Waals surface area contributed by atoms with E-state index in [0.717, 1.165) is 0 Å². The van der Waals surface area contributed by atoms with Gasteiger partial charge < -0.3 is 5.11 Å². The largest absolute Gasteiger partial charge is 0.508 e. The van der Waals surface area contributed by atoms with Gasteiger partial charge in [0, 0.05) is 27.5 Å². The molecule has 0 amide bonds. The lowest BCUT2D eigenvalue weighted by Gasteiger charge is -2.05. The van der Waals surface area contributed by atoms with Crippen molar-refractivity contribution in [3.8, 4) is 16.9 Å². The van der Waals surface area contributed by atoms with Crippen LogP contribution < -0.4 is 0 Å². The molecule has 2 aromatic carbocycles. The molecule has 0 fully saturated rings. The Morgan fingerprint density at radius 3 is 2.29 bits per heavy atom.